The largest absolute Gasteiger partial charge is 0.487 e. The monoisotopic (exact) mass is 332 g/mol. The quantitative estimate of drug-likeness (QED) is 0.652. The van der Waals surface area contributed by atoms with E-state index in [1.165, 1.54) is 12.1 Å². The maximum Gasteiger partial charge on any atom is 0.272 e. The van der Waals surface area contributed by atoms with E-state index in [-0.39, 0.29) is 27.3 Å². The number of halogens is 2. The molecule has 5 nitrogen and oxygen atoms in total. The van der Waals surface area contributed by atoms with E-state index in [1.807, 2.05) is 7.05 Å². The lowest BCUT2D eigenvalue weighted by Crippen LogP contribution is -2.62. The number of ether oxygens (including phenoxy) is 1. The van der Waals surface area contributed by atoms with Gasteiger partial charge in [-0.15, -0.1) is 0 Å². The van der Waals surface area contributed by atoms with Crippen LogP contribution in [0.15, 0.2) is 12.1 Å². The first-order valence-corrected chi connectivity index (χ1v) is 7.56. The van der Waals surface area contributed by atoms with Gasteiger partial charge in [-0.3, -0.25) is 10.1 Å². The minimum Gasteiger partial charge on any atom is -0.487 e. The van der Waals surface area contributed by atoms with Crippen LogP contribution < -0.4 is 10.1 Å². The van der Waals surface area contributed by atoms with Crippen LogP contribution in [0.25, 0.3) is 0 Å². The predicted molar refractivity (Wildman–Crippen MR) is 83.4 cm³/mol. The lowest BCUT2D eigenvalue weighted by Gasteiger charge is -2.53. The van der Waals surface area contributed by atoms with Crippen LogP contribution in [0.2, 0.25) is 10.0 Å². The van der Waals surface area contributed by atoms with Gasteiger partial charge < -0.3 is 10.1 Å². The highest BCUT2D eigenvalue weighted by atomic mass is 35.5. The SMILES string of the molecule is CCC1(C)C(NC)CC1Oc1c(Cl)cc([N+](=O)[O-])cc1Cl. The molecule has 0 aromatic heterocycles. The molecule has 1 saturated carbocycles. The highest BCUT2D eigenvalue weighted by Crippen LogP contribution is 2.48. The van der Waals surface area contributed by atoms with Crippen LogP contribution >= 0.6 is 23.2 Å². The lowest BCUT2D eigenvalue weighted by atomic mass is 9.61. The number of nitro groups is 1. The summed E-state index contributed by atoms with van der Waals surface area (Å²) < 4.78 is 5.96. The fourth-order valence-electron chi connectivity index (χ4n) is 2.83. The summed E-state index contributed by atoms with van der Waals surface area (Å²) in [5, 5.41) is 14.4. The third-order valence-corrected chi connectivity index (χ3v) is 5.11. The number of hydrogen-bond acceptors (Lipinski definition) is 4. The van der Waals surface area contributed by atoms with Gasteiger partial charge in [-0.1, -0.05) is 37.0 Å². The van der Waals surface area contributed by atoms with E-state index in [9.17, 15) is 10.1 Å². The first kappa shape index (κ1) is 16.3. The van der Waals surface area contributed by atoms with Crippen molar-refractivity contribution in [1.82, 2.24) is 5.32 Å². The van der Waals surface area contributed by atoms with Crippen LogP contribution in [0.5, 0.6) is 5.75 Å². The first-order chi connectivity index (χ1) is 9.83. The highest BCUT2D eigenvalue weighted by molar-refractivity contribution is 6.37. The van der Waals surface area contributed by atoms with Crippen molar-refractivity contribution >= 4 is 28.9 Å². The minimum atomic E-state index is -0.530. The first-order valence-electron chi connectivity index (χ1n) is 6.80. The van der Waals surface area contributed by atoms with E-state index in [4.69, 9.17) is 27.9 Å². The Balaban J connectivity index is 2.23. The molecule has 7 heteroatoms. The van der Waals surface area contributed by atoms with Gasteiger partial charge in [-0.05, 0) is 13.5 Å². The number of non-ortho nitro benzene ring substituents is 1. The molecule has 3 unspecified atom stereocenters. The van der Waals surface area contributed by atoms with E-state index in [1.54, 1.807) is 0 Å². The van der Waals surface area contributed by atoms with E-state index >= 15 is 0 Å². The second-order valence-electron chi connectivity index (χ2n) is 5.54. The summed E-state index contributed by atoms with van der Waals surface area (Å²) in [6.45, 7) is 4.26. The highest BCUT2D eigenvalue weighted by Gasteiger charge is 2.51. The third-order valence-electron chi connectivity index (χ3n) is 4.55. The van der Waals surface area contributed by atoms with Gasteiger partial charge in [-0.2, -0.15) is 0 Å². The molecule has 0 radical (unpaired) electrons. The molecule has 1 aromatic rings. The fraction of sp³-hybridized carbons (Fsp3) is 0.571. The van der Waals surface area contributed by atoms with Crippen LogP contribution in [-0.4, -0.2) is 24.1 Å². The van der Waals surface area contributed by atoms with E-state index in [0.29, 0.717) is 11.8 Å². The van der Waals surface area contributed by atoms with Crippen LogP contribution in [0.3, 0.4) is 0 Å². The molecular weight excluding hydrogens is 315 g/mol. The Morgan fingerprint density at radius 3 is 2.48 bits per heavy atom. The van der Waals surface area contributed by atoms with Crippen LogP contribution in [0.4, 0.5) is 5.69 Å². The summed E-state index contributed by atoms with van der Waals surface area (Å²) in [7, 11) is 1.93. The molecule has 116 valence electrons. The second kappa shape index (κ2) is 5.99. The van der Waals surface area contributed by atoms with Crippen LogP contribution in [0.1, 0.15) is 26.7 Å². The average molecular weight is 333 g/mol. The standard InChI is InChI=1S/C14H18Cl2N2O3/c1-4-14(2)11(17-3)7-12(14)21-13-9(15)5-8(18(19)20)6-10(13)16/h5-6,11-12,17H,4,7H2,1-3H3. The van der Waals surface area contributed by atoms with E-state index in [0.717, 1.165) is 12.8 Å². The van der Waals surface area contributed by atoms with Crippen molar-refractivity contribution in [1.29, 1.82) is 0 Å². The van der Waals surface area contributed by atoms with Gasteiger partial charge in [0.05, 0.1) is 15.0 Å². The molecule has 0 heterocycles. The summed E-state index contributed by atoms with van der Waals surface area (Å²) in [6.07, 6.45) is 1.78. The summed E-state index contributed by atoms with van der Waals surface area (Å²) in [4.78, 5) is 10.2. The molecule has 21 heavy (non-hydrogen) atoms. The van der Waals surface area contributed by atoms with E-state index < -0.39 is 4.92 Å². The number of rotatable bonds is 5. The Kier molecular flexibility index (Phi) is 4.66. The molecule has 1 N–H and O–H groups in total. The molecule has 2 rings (SSSR count). The predicted octanol–water partition coefficient (Wildman–Crippen LogP) is 4.06. The summed E-state index contributed by atoms with van der Waals surface area (Å²) in [5.41, 5.74) is -0.152. The van der Waals surface area contributed by atoms with Crippen LogP contribution in [-0.2, 0) is 0 Å². The number of benzene rings is 1. The van der Waals surface area contributed by atoms with Gasteiger partial charge in [0.25, 0.3) is 5.69 Å². The maximum absolute atomic E-state index is 10.8. The van der Waals surface area contributed by atoms with Crippen molar-refractivity contribution in [2.45, 2.75) is 38.8 Å². The van der Waals surface area contributed by atoms with Gasteiger partial charge >= 0.3 is 0 Å². The molecule has 1 aliphatic carbocycles. The van der Waals surface area contributed by atoms with Crippen molar-refractivity contribution in [2.24, 2.45) is 5.41 Å². The average Bonchev–Trinajstić information content (AvgIpc) is 2.43. The van der Waals surface area contributed by atoms with Gasteiger partial charge in [0.2, 0.25) is 0 Å². The van der Waals surface area contributed by atoms with Crippen molar-refractivity contribution < 1.29 is 9.66 Å². The molecule has 0 amide bonds. The molecule has 1 aliphatic rings. The molecule has 0 aliphatic heterocycles. The normalized spacial score (nSPS) is 28.0. The fourth-order valence-corrected chi connectivity index (χ4v) is 3.39. The third kappa shape index (κ3) is 2.82. The number of nitro benzene ring substituents is 1. The molecule has 1 aromatic carbocycles. The zero-order valence-electron chi connectivity index (χ0n) is 12.2. The number of nitrogens with one attached hydrogen (secondary N) is 1. The Morgan fingerprint density at radius 2 is 2.05 bits per heavy atom. The molecule has 0 bridgehead atoms. The Bertz CT molecular complexity index is 544. The molecule has 0 spiro atoms. The molecule has 1 fully saturated rings. The minimum absolute atomic E-state index is 0.0107. The van der Waals surface area contributed by atoms with E-state index in [2.05, 4.69) is 19.2 Å². The Labute approximate surface area is 133 Å². The second-order valence-corrected chi connectivity index (χ2v) is 6.35. The van der Waals surface area contributed by atoms with Crippen molar-refractivity contribution in [3.63, 3.8) is 0 Å². The van der Waals surface area contributed by atoms with Crippen molar-refractivity contribution in [3.05, 3.63) is 32.3 Å². The number of nitrogens with zero attached hydrogens (tertiary/aromatic N) is 1. The van der Waals surface area contributed by atoms with Crippen LogP contribution in [0, 0.1) is 15.5 Å². The lowest BCUT2D eigenvalue weighted by molar-refractivity contribution is -0.384. The molecule has 3 atom stereocenters. The smallest absolute Gasteiger partial charge is 0.272 e. The van der Waals surface area contributed by atoms with Gasteiger partial charge in [0.15, 0.2) is 5.75 Å². The van der Waals surface area contributed by atoms with Gasteiger partial charge in [-0.25, -0.2) is 0 Å². The van der Waals surface area contributed by atoms with Gasteiger partial charge in [0.1, 0.15) is 6.10 Å². The van der Waals surface area contributed by atoms with Crippen molar-refractivity contribution in [3.8, 4) is 5.75 Å². The number of hydrogen-bond donors (Lipinski definition) is 1. The Morgan fingerprint density at radius 1 is 1.48 bits per heavy atom. The van der Waals surface area contributed by atoms with Crippen molar-refractivity contribution in [2.75, 3.05) is 7.05 Å². The molecular formula is C14H18Cl2N2O3. The summed E-state index contributed by atoms with van der Waals surface area (Å²) in [5.74, 6) is 0.322. The van der Waals surface area contributed by atoms with Gasteiger partial charge in [0, 0.05) is 30.0 Å². The summed E-state index contributed by atoms with van der Waals surface area (Å²) >= 11 is 12.2. The maximum atomic E-state index is 10.8. The Hall–Kier alpha value is -1.04. The zero-order valence-corrected chi connectivity index (χ0v) is 13.7. The topological polar surface area (TPSA) is 64.4 Å². The zero-order chi connectivity index (χ0) is 15.8. The summed E-state index contributed by atoms with van der Waals surface area (Å²) in [6, 6.07) is 2.91. The molecule has 0 saturated heterocycles.